The van der Waals surface area contributed by atoms with Crippen molar-refractivity contribution in [1.82, 2.24) is 14.9 Å². The number of benzene rings is 1. The first-order chi connectivity index (χ1) is 9.65. The molecule has 0 radical (unpaired) electrons. The van der Waals surface area contributed by atoms with Crippen LogP contribution >= 0.6 is 0 Å². The first-order valence-electron chi connectivity index (χ1n) is 6.43. The van der Waals surface area contributed by atoms with Crippen LogP contribution in [-0.2, 0) is 18.3 Å². The van der Waals surface area contributed by atoms with Gasteiger partial charge in [-0.2, -0.15) is 0 Å². The highest BCUT2D eigenvalue weighted by Gasteiger charge is 2.00. The molecule has 2 rings (SSSR count). The number of aryl methyl sites for hydroxylation is 1. The molecule has 0 spiro atoms. The van der Waals surface area contributed by atoms with E-state index in [4.69, 9.17) is 5.73 Å². The summed E-state index contributed by atoms with van der Waals surface area (Å²) in [6.07, 6.45) is 7.63. The van der Waals surface area contributed by atoms with Crippen LogP contribution in [0.25, 0.3) is 6.08 Å². The Labute approximate surface area is 118 Å². The molecule has 20 heavy (non-hydrogen) atoms. The zero-order valence-electron chi connectivity index (χ0n) is 11.4. The van der Waals surface area contributed by atoms with Crippen LogP contribution in [0.5, 0.6) is 0 Å². The molecule has 1 heterocycles. The molecule has 0 bridgehead atoms. The van der Waals surface area contributed by atoms with Crippen LogP contribution < -0.4 is 11.1 Å². The van der Waals surface area contributed by atoms with Gasteiger partial charge in [-0.3, -0.25) is 4.79 Å². The third-order valence-electron chi connectivity index (χ3n) is 2.93. The standard InChI is InChI=1S/C15H18N4O/c1-19-11-10-17-14(19)8-9-18-15(20)7-4-12-2-5-13(16)6-3-12/h2-7,10-11H,8-9,16H2,1H3,(H,18,20)/b7-4+. The van der Waals surface area contributed by atoms with Crippen molar-refractivity contribution in [3.05, 3.63) is 54.1 Å². The van der Waals surface area contributed by atoms with Crippen LogP contribution in [-0.4, -0.2) is 22.0 Å². The number of hydrogen-bond donors (Lipinski definition) is 2. The van der Waals surface area contributed by atoms with Crippen molar-refractivity contribution in [2.24, 2.45) is 7.05 Å². The molecular weight excluding hydrogens is 252 g/mol. The van der Waals surface area contributed by atoms with Gasteiger partial charge in [0.1, 0.15) is 5.82 Å². The molecule has 1 aromatic heterocycles. The highest BCUT2D eigenvalue weighted by atomic mass is 16.1. The number of nitrogen functional groups attached to an aromatic ring is 1. The number of hydrogen-bond acceptors (Lipinski definition) is 3. The summed E-state index contributed by atoms with van der Waals surface area (Å²) in [6.45, 7) is 0.565. The van der Waals surface area contributed by atoms with Crippen molar-refractivity contribution in [2.45, 2.75) is 6.42 Å². The Hall–Kier alpha value is -2.56. The van der Waals surface area contributed by atoms with E-state index in [1.807, 2.05) is 29.9 Å². The predicted octanol–water partition coefficient (Wildman–Crippen LogP) is 1.37. The van der Waals surface area contributed by atoms with E-state index in [1.165, 1.54) is 6.08 Å². The van der Waals surface area contributed by atoms with Gasteiger partial charge < -0.3 is 15.6 Å². The van der Waals surface area contributed by atoms with E-state index < -0.39 is 0 Å². The number of nitrogens with two attached hydrogens (primary N) is 1. The normalized spacial score (nSPS) is 10.8. The monoisotopic (exact) mass is 270 g/mol. The number of nitrogens with zero attached hydrogens (tertiary/aromatic N) is 2. The lowest BCUT2D eigenvalue weighted by Crippen LogP contribution is -2.24. The van der Waals surface area contributed by atoms with Crippen molar-refractivity contribution in [2.75, 3.05) is 12.3 Å². The van der Waals surface area contributed by atoms with Crippen molar-refractivity contribution in [3.8, 4) is 0 Å². The number of amides is 1. The number of imidazole rings is 1. The summed E-state index contributed by atoms with van der Waals surface area (Å²) >= 11 is 0. The lowest BCUT2D eigenvalue weighted by molar-refractivity contribution is -0.116. The largest absolute Gasteiger partial charge is 0.399 e. The van der Waals surface area contributed by atoms with Gasteiger partial charge in [-0.1, -0.05) is 12.1 Å². The number of carbonyl (C=O) groups is 1. The summed E-state index contributed by atoms with van der Waals surface area (Å²) in [5.74, 6) is 0.837. The maximum absolute atomic E-state index is 11.6. The molecule has 0 saturated heterocycles. The van der Waals surface area contributed by atoms with Crippen molar-refractivity contribution in [3.63, 3.8) is 0 Å². The third-order valence-corrected chi connectivity index (χ3v) is 2.93. The summed E-state index contributed by atoms with van der Waals surface area (Å²) in [5, 5.41) is 2.83. The van der Waals surface area contributed by atoms with E-state index in [0.29, 0.717) is 18.7 Å². The molecule has 0 fully saturated rings. The number of carbonyl (C=O) groups excluding carboxylic acids is 1. The predicted molar refractivity (Wildman–Crippen MR) is 79.8 cm³/mol. The molecule has 5 nitrogen and oxygen atoms in total. The van der Waals surface area contributed by atoms with Gasteiger partial charge in [0, 0.05) is 44.2 Å². The van der Waals surface area contributed by atoms with Gasteiger partial charge in [0.25, 0.3) is 0 Å². The quantitative estimate of drug-likeness (QED) is 0.636. The fourth-order valence-corrected chi connectivity index (χ4v) is 1.77. The van der Waals surface area contributed by atoms with Crippen LogP contribution in [0.3, 0.4) is 0 Å². The maximum atomic E-state index is 11.6. The molecule has 2 aromatic rings. The molecule has 0 atom stereocenters. The summed E-state index contributed by atoms with van der Waals surface area (Å²) < 4.78 is 1.94. The first-order valence-corrected chi connectivity index (χ1v) is 6.43. The van der Waals surface area contributed by atoms with Gasteiger partial charge in [-0.05, 0) is 23.8 Å². The number of nitrogens with one attached hydrogen (secondary N) is 1. The molecule has 104 valence electrons. The molecular formula is C15H18N4O. The van der Waals surface area contributed by atoms with Crippen LogP contribution in [0.15, 0.2) is 42.7 Å². The molecule has 0 saturated carbocycles. The average molecular weight is 270 g/mol. The van der Waals surface area contributed by atoms with E-state index in [2.05, 4.69) is 10.3 Å². The summed E-state index contributed by atoms with van der Waals surface area (Å²) in [6, 6.07) is 7.34. The summed E-state index contributed by atoms with van der Waals surface area (Å²) in [5.41, 5.74) is 7.25. The number of anilines is 1. The Kier molecular flexibility index (Phi) is 4.55. The minimum absolute atomic E-state index is 0.115. The Morgan fingerprint density at radius 1 is 1.40 bits per heavy atom. The molecule has 1 amide bonds. The Morgan fingerprint density at radius 2 is 2.15 bits per heavy atom. The minimum Gasteiger partial charge on any atom is -0.399 e. The van der Waals surface area contributed by atoms with Gasteiger partial charge >= 0.3 is 0 Å². The van der Waals surface area contributed by atoms with E-state index in [-0.39, 0.29) is 5.91 Å². The smallest absolute Gasteiger partial charge is 0.244 e. The van der Waals surface area contributed by atoms with E-state index in [1.54, 1.807) is 24.4 Å². The minimum atomic E-state index is -0.115. The van der Waals surface area contributed by atoms with Gasteiger partial charge in [0.2, 0.25) is 5.91 Å². The Morgan fingerprint density at radius 3 is 2.80 bits per heavy atom. The average Bonchev–Trinajstić information content (AvgIpc) is 2.84. The second-order valence-electron chi connectivity index (χ2n) is 4.50. The van der Waals surface area contributed by atoms with Crippen LogP contribution in [0.2, 0.25) is 0 Å². The van der Waals surface area contributed by atoms with Crippen LogP contribution in [0.1, 0.15) is 11.4 Å². The molecule has 0 unspecified atom stereocenters. The fourth-order valence-electron chi connectivity index (χ4n) is 1.77. The molecule has 1 aromatic carbocycles. The van der Waals surface area contributed by atoms with Crippen LogP contribution in [0, 0.1) is 0 Å². The topological polar surface area (TPSA) is 72.9 Å². The molecule has 0 aliphatic heterocycles. The lowest BCUT2D eigenvalue weighted by atomic mass is 10.2. The molecule has 0 aliphatic carbocycles. The zero-order chi connectivity index (χ0) is 14.4. The summed E-state index contributed by atoms with van der Waals surface area (Å²) in [4.78, 5) is 15.8. The molecule has 5 heteroatoms. The van der Waals surface area contributed by atoms with E-state index in [9.17, 15) is 4.79 Å². The number of aromatic nitrogens is 2. The third kappa shape index (κ3) is 3.98. The van der Waals surface area contributed by atoms with Crippen molar-refractivity contribution < 1.29 is 4.79 Å². The Bertz CT molecular complexity index is 599. The lowest BCUT2D eigenvalue weighted by Gasteiger charge is -2.02. The van der Waals surface area contributed by atoms with Crippen molar-refractivity contribution >= 4 is 17.7 Å². The number of rotatable bonds is 5. The van der Waals surface area contributed by atoms with E-state index in [0.717, 1.165) is 11.4 Å². The summed E-state index contributed by atoms with van der Waals surface area (Å²) in [7, 11) is 1.94. The van der Waals surface area contributed by atoms with Crippen LogP contribution in [0.4, 0.5) is 5.69 Å². The van der Waals surface area contributed by atoms with Gasteiger partial charge in [0.15, 0.2) is 0 Å². The van der Waals surface area contributed by atoms with Gasteiger partial charge in [-0.15, -0.1) is 0 Å². The SMILES string of the molecule is Cn1ccnc1CCNC(=O)/C=C/c1ccc(N)cc1. The second-order valence-corrected chi connectivity index (χ2v) is 4.50. The molecule has 0 aliphatic rings. The Balaban J connectivity index is 1.78. The highest BCUT2D eigenvalue weighted by molar-refractivity contribution is 5.91. The van der Waals surface area contributed by atoms with E-state index >= 15 is 0 Å². The fraction of sp³-hybridized carbons (Fsp3) is 0.200. The highest BCUT2D eigenvalue weighted by Crippen LogP contribution is 2.06. The van der Waals surface area contributed by atoms with Gasteiger partial charge in [-0.25, -0.2) is 4.98 Å². The second kappa shape index (κ2) is 6.56. The maximum Gasteiger partial charge on any atom is 0.244 e. The first kappa shape index (κ1) is 13.9. The zero-order valence-corrected chi connectivity index (χ0v) is 11.4. The molecule has 3 N–H and O–H groups in total. The van der Waals surface area contributed by atoms with Crippen molar-refractivity contribution in [1.29, 1.82) is 0 Å². The van der Waals surface area contributed by atoms with Gasteiger partial charge in [0.05, 0.1) is 0 Å².